The molecule has 0 unspecified atom stereocenters. The van der Waals surface area contributed by atoms with Crippen molar-refractivity contribution in [3.8, 4) is 0 Å². The fourth-order valence-corrected chi connectivity index (χ4v) is 1.09. The quantitative estimate of drug-likeness (QED) is 0.632. The van der Waals surface area contributed by atoms with Gasteiger partial charge in [-0.25, -0.2) is 4.39 Å². The van der Waals surface area contributed by atoms with E-state index in [4.69, 9.17) is 0 Å². The van der Waals surface area contributed by atoms with Crippen LogP contribution < -0.4 is 0 Å². The van der Waals surface area contributed by atoms with E-state index < -0.39 is 0 Å². The highest BCUT2D eigenvalue weighted by Crippen LogP contribution is 2.01. The minimum Gasteiger partial charge on any atom is -0.289 e. The molecule has 0 aliphatic carbocycles. The zero-order chi connectivity index (χ0) is 9.10. The minimum atomic E-state index is -0.336. The summed E-state index contributed by atoms with van der Waals surface area (Å²) in [5.41, 5.74) is 1.40. The molecule has 0 spiro atoms. The third-order valence-electron chi connectivity index (χ3n) is 1.71. The lowest BCUT2D eigenvalue weighted by Gasteiger charge is -2.03. The van der Waals surface area contributed by atoms with Crippen molar-refractivity contribution in [3.63, 3.8) is 0 Å². The van der Waals surface area contributed by atoms with Crippen LogP contribution in [0.4, 0.5) is 4.39 Å². The monoisotopic (exact) mass is 177 g/mol. The first-order chi connectivity index (χ1) is 6.36. The standard InChI is InChI=1S/C9H8FN3/c10-7-1-2-8(13-5-7)9-6-11-3-4-12-9/h1-2,5-6H,3-4H2. The summed E-state index contributed by atoms with van der Waals surface area (Å²) >= 11 is 0. The molecule has 1 aliphatic rings. The zero-order valence-electron chi connectivity index (χ0n) is 6.94. The Bertz CT molecular complexity index is 354. The molecule has 0 fully saturated rings. The van der Waals surface area contributed by atoms with Gasteiger partial charge in [-0.2, -0.15) is 0 Å². The van der Waals surface area contributed by atoms with Crippen LogP contribution >= 0.6 is 0 Å². The van der Waals surface area contributed by atoms with Crippen molar-refractivity contribution < 1.29 is 4.39 Å². The molecule has 3 nitrogen and oxygen atoms in total. The first-order valence-corrected chi connectivity index (χ1v) is 4.02. The van der Waals surface area contributed by atoms with Gasteiger partial charge in [-0.3, -0.25) is 15.0 Å². The number of hydrogen-bond acceptors (Lipinski definition) is 3. The van der Waals surface area contributed by atoms with E-state index in [-0.39, 0.29) is 5.82 Å². The second kappa shape index (κ2) is 3.43. The van der Waals surface area contributed by atoms with Crippen molar-refractivity contribution in [2.24, 2.45) is 9.98 Å². The van der Waals surface area contributed by atoms with Gasteiger partial charge in [0.25, 0.3) is 0 Å². The van der Waals surface area contributed by atoms with Crippen molar-refractivity contribution in [1.82, 2.24) is 4.98 Å². The molecule has 0 saturated heterocycles. The van der Waals surface area contributed by atoms with E-state index in [1.165, 1.54) is 12.3 Å². The third kappa shape index (κ3) is 1.77. The normalized spacial score (nSPS) is 15.6. The Labute approximate surface area is 75.1 Å². The van der Waals surface area contributed by atoms with E-state index in [2.05, 4.69) is 15.0 Å². The molecule has 0 bridgehead atoms. The number of aliphatic imine (C=N–C) groups is 2. The molecule has 0 radical (unpaired) electrons. The number of hydrogen-bond donors (Lipinski definition) is 0. The number of halogens is 1. The summed E-state index contributed by atoms with van der Waals surface area (Å²) in [5.74, 6) is -0.336. The van der Waals surface area contributed by atoms with Gasteiger partial charge in [0.1, 0.15) is 11.5 Å². The van der Waals surface area contributed by atoms with Crippen LogP contribution in [0.25, 0.3) is 0 Å². The molecule has 2 heterocycles. The summed E-state index contributed by atoms with van der Waals surface area (Å²) in [5, 5.41) is 0. The first-order valence-electron chi connectivity index (χ1n) is 4.02. The lowest BCUT2D eigenvalue weighted by molar-refractivity contribution is 0.621. The van der Waals surface area contributed by atoms with Crippen LogP contribution in [0.2, 0.25) is 0 Å². The summed E-state index contributed by atoms with van der Waals surface area (Å²) in [7, 11) is 0. The highest BCUT2D eigenvalue weighted by Gasteiger charge is 2.04. The van der Waals surface area contributed by atoms with Gasteiger partial charge in [0.15, 0.2) is 0 Å². The molecule has 0 atom stereocenters. The van der Waals surface area contributed by atoms with Crippen LogP contribution in [0, 0.1) is 5.82 Å². The summed E-state index contributed by atoms with van der Waals surface area (Å²) < 4.78 is 12.5. The molecule has 0 N–H and O–H groups in total. The second-order valence-corrected chi connectivity index (χ2v) is 2.66. The molecule has 0 saturated carbocycles. The number of aromatic nitrogens is 1. The van der Waals surface area contributed by atoms with E-state index in [0.29, 0.717) is 12.2 Å². The Hall–Kier alpha value is -1.58. The maximum Gasteiger partial charge on any atom is 0.141 e. The Morgan fingerprint density at radius 1 is 1.23 bits per heavy atom. The van der Waals surface area contributed by atoms with E-state index >= 15 is 0 Å². The second-order valence-electron chi connectivity index (χ2n) is 2.66. The fraction of sp³-hybridized carbons (Fsp3) is 0.222. The highest BCUT2D eigenvalue weighted by molar-refractivity contribution is 6.37. The lowest BCUT2D eigenvalue weighted by atomic mass is 10.2. The minimum absolute atomic E-state index is 0.336. The van der Waals surface area contributed by atoms with Gasteiger partial charge in [0.2, 0.25) is 0 Å². The molecule has 0 aromatic carbocycles. The largest absolute Gasteiger partial charge is 0.289 e. The van der Waals surface area contributed by atoms with Crippen LogP contribution in [-0.4, -0.2) is 30.0 Å². The van der Waals surface area contributed by atoms with Crippen molar-refractivity contribution in [2.45, 2.75) is 0 Å². The zero-order valence-corrected chi connectivity index (χ0v) is 6.94. The maximum absolute atomic E-state index is 12.5. The molecule has 1 aromatic rings. The van der Waals surface area contributed by atoms with Crippen LogP contribution in [0.3, 0.4) is 0 Å². The van der Waals surface area contributed by atoms with Crippen molar-refractivity contribution >= 4 is 11.9 Å². The smallest absolute Gasteiger partial charge is 0.141 e. The third-order valence-corrected chi connectivity index (χ3v) is 1.71. The van der Waals surface area contributed by atoms with Crippen LogP contribution in [0.1, 0.15) is 5.69 Å². The SMILES string of the molecule is Fc1ccc(C2=NCCN=C2)nc1. The topological polar surface area (TPSA) is 37.6 Å². The molecule has 1 aromatic heterocycles. The Balaban J connectivity index is 2.30. The summed E-state index contributed by atoms with van der Waals surface area (Å²) in [4.78, 5) is 12.2. The van der Waals surface area contributed by atoms with E-state index in [1.807, 2.05) is 0 Å². The average molecular weight is 177 g/mol. The van der Waals surface area contributed by atoms with Gasteiger partial charge >= 0.3 is 0 Å². The molecule has 1 aliphatic heterocycles. The molecular formula is C9H8FN3. The summed E-state index contributed by atoms with van der Waals surface area (Å²) in [6.07, 6.45) is 2.85. The van der Waals surface area contributed by atoms with Gasteiger partial charge in [0, 0.05) is 6.21 Å². The molecular weight excluding hydrogens is 169 g/mol. The van der Waals surface area contributed by atoms with E-state index in [0.717, 1.165) is 12.3 Å². The Morgan fingerprint density at radius 3 is 2.77 bits per heavy atom. The number of pyridine rings is 1. The van der Waals surface area contributed by atoms with E-state index in [1.54, 1.807) is 12.3 Å². The van der Waals surface area contributed by atoms with Gasteiger partial charge in [-0.1, -0.05) is 0 Å². The molecule has 13 heavy (non-hydrogen) atoms. The number of nitrogens with zero attached hydrogens (tertiary/aromatic N) is 3. The summed E-state index contributed by atoms with van der Waals surface area (Å²) in [6, 6.07) is 2.97. The van der Waals surface area contributed by atoms with Crippen molar-refractivity contribution in [1.29, 1.82) is 0 Å². The van der Waals surface area contributed by atoms with Crippen molar-refractivity contribution in [2.75, 3.05) is 13.1 Å². The van der Waals surface area contributed by atoms with Crippen LogP contribution in [0.15, 0.2) is 28.3 Å². The van der Waals surface area contributed by atoms with Crippen LogP contribution in [0.5, 0.6) is 0 Å². The fourth-order valence-electron chi connectivity index (χ4n) is 1.09. The average Bonchev–Trinajstić information content (AvgIpc) is 2.20. The molecule has 4 heteroatoms. The molecule has 2 rings (SSSR count). The van der Waals surface area contributed by atoms with Gasteiger partial charge < -0.3 is 0 Å². The van der Waals surface area contributed by atoms with Gasteiger partial charge in [-0.15, -0.1) is 0 Å². The van der Waals surface area contributed by atoms with Crippen LogP contribution in [-0.2, 0) is 0 Å². The lowest BCUT2D eigenvalue weighted by Crippen LogP contribution is -2.11. The summed E-state index contributed by atoms with van der Waals surface area (Å²) in [6.45, 7) is 1.41. The predicted octanol–water partition coefficient (Wildman–Crippen LogP) is 1.09. The van der Waals surface area contributed by atoms with E-state index in [9.17, 15) is 4.39 Å². The Morgan fingerprint density at radius 2 is 2.15 bits per heavy atom. The first kappa shape index (κ1) is 8.04. The molecule has 0 amide bonds. The number of rotatable bonds is 1. The maximum atomic E-state index is 12.5. The predicted molar refractivity (Wildman–Crippen MR) is 49.0 cm³/mol. The van der Waals surface area contributed by atoms with Crippen molar-refractivity contribution in [3.05, 3.63) is 29.8 Å². The Kier molecular flexibility index (Phi) is 2.12. The van der Waals surface area contributed by atoms with Gasteiger partial charge in [0.05, 0.1) is 25.0 Å². The highest BCUT2D eigenvalue weighted by atomic mass is 19.1. The van der Waals surface area contributed by atoms with Gasteiger partial charge in [-0.05, 0) is 12.1 Å². The molecule has 66 valence electrons.